The Morgan fingerprint density at radius 1 is 0.667 bits per heavy atom. The van der Waals surface area contributed by atoms with Gasteiger partial charge in [0.2, 0.25) is 0 Å². The Morgan fingerprint density at radius 2 is 1.22 bits per heavy atom. The zero-order valence-electron chi connectivity index (χ0n) is 32.8. The first kappa shape index (κ1) is 36.7. The van der Waals surface area contributed by atoms with E-state index in [1.54, 1.807) is 13.8 Å². The molecule has 9 rings (SSSR count). The quantitative estimate of drug-likeness (QED) is 0.259. The molecule has 6 fully saturated rings. The van der Waals surface area contributed by atoms with E-state index < -0.39 is 33.6 Å². The van der Waals surface area contributed by atoms with Crippen LogP contribution in [-0.4, -0.2) is 45.3 Å². The second-order valence-electron chi connectivity index (χ2n) is 20.7. The van der Waals surface area contributed by atoms with E-state index in [1.165, 1.54) is 16.7 Å². The first-order valence-corrected chi connectivity index (χ1v) is 21.5. The predicted octanol–water partition coefficient (Wildman–Crippen LogP) is 8.36. The summed E-state index contributed by atoms with van der Waals surface area (Å²) in [5.41, 5.74) is 1.23. The molecule has 0 saturated heterocycles. The Morgan fingerprint density at radius 3 is 1.80 bits per heavy atom. The lowest BCUT2D eigenvalue weighted by molar-refractivity contribution is -0.156. The molecule has 1 spiro atoms. The van der Waals surface area contributed by atoms with Crippen LogP contribution in [0.2, 0.25) is 0 Å². The number of carboxylic acid groups (broad SMARTS) is 2. The fourth-order valence-corrected chi connectivity index (χ4v) is 17.5. The lowest BCUT2D eigenvalue weighted by Crippen LogP contribution is -2.59. The van der Waals surface area contributed by atoms with E-state index in [-0.39, 0.29) is 65.2 Å². The summed E-state index contributed by atoms with van der Waals surface area (Å²) in [6, 6.07) is 0. The number of carbonyl (C=O) groups excluding carboxylic acids is 4. The van der Waals surface area contributed by atoms with Gasteiger partial charge in [0.15, 0.2) is 5.78 Å². The average molecular weight is 741 g/mol. The molecule has 8 nitrogen and oxygen atoms in total. The molecule has 0 aromatic heterocycles. The van der Waals surface area contributed by atoms with Gasteiger partial charge in [-0.15, -0.1) is 0 Å². The highest BCUT2D eigenvalue weighted by Crippen LogP contribution is 2.75. The lowest BCUT2D eigenvalue weighted by atomic mass is 9.38. The Hall–Kier alpha value is -2.90. The molecular formula is C46H60O8. The number of carbonyl (C=O) groups is 6. The maximum Gasteiger partial charge on any atom is 0.304 e. The van der Waals surface area contributed by atoms with E-state index in [0.717, 1.165) is 77.0 Å². The normalized spacial score (nSPS) is 48.8. The Kier molecular flexibility index (Phi) is 8.20. The van der Waals surface area contributed by atoms with Crippen molar-refractivity contribution in [1.82, 2.24) is 0 Å². The van der Waals surface area contributed by atoms with Gasteiger partial charge in [0, 0.05) is 35.0 Å². The molecule has 0 aromatic rings. The fourth-order valence-electron chi connectivity index (χ4n) is 17.5. The first-order chi connectivity index (χ1) is 25.5. The maximum atomic E-state index is 14.8. The van der Waals surface area contributed by atoms with Gasteiger partial charge in [0.1, 0.15) is 17.3 Å². The van der Waals surface area contributed by atoms with Crippen molar-refractivity contribution < 1.29 is 39.0 Å². The molecule has 0 aromatic carbocycles. The van der Waals surface area contributed by atoms with Crippen LogP contribution in [0.25, 0.3) is 0 Å². The predicted molar refractivity (Wildman–Crippen MR) is 200 cm³/mol. The summed E-state index contributed by atoms with van der Waals surface area (Å²) in [5, 5.41) is 20.1. The molecule has 6 saturated carbocycles. The van der Waals surface area contributed by atoms with Crippen LogP contribution in [0.15, 0.2) is 22.8 Å². The van der Waals surface area contributed by atoms with Gasteiger partial charge in [-0.05, 0) is 168 Å². The molecule has 0 heterocycles. The van der Waals surface area contributed by atoms with Crippen LogP contribution < -0.4 is 0 Å². The van der Waals surface area contributed by atoms with Crippen LogP contribution in [0.3, 0.4) is 0 Å². The second-order valence-corrected chi connectivity index (χ2v) is 20.7. The highest BCUT2D eigenvalue weighted by atomic mass is 16.4. The van der Waals surface area contributed by atoms with Gasteiger partial charge in [0.25, 0.3) is 0 Å². The minimum absolute atomic E-state index is 0.00610. The number of rotatable bonds is 6. The second kappa shape index (κ2) is 12.1. The zero-order chi connectivity index (χ0) is 38.3. The number of Topliss-reactive ketones (excluding diaryl/α,β-unsaturated/α-hetero) is 3. The van der Waals surface area contributed by atoms with Crippen LogP contribution in [0.4, 0.5) is 0 Å². The number of hydrogen-bond acceptors (Lipinski definition) is 6. The average Bonchev–Trinajstić information content (AvgIpc) is 3.58. The summed E-state index contributed by atoms with van der Waals surface area (Å²) in [4.78, 5) is 79.6. The van der Waals surface area contributed by atoms with E-state index in [4.69, 9.17) is 0 Å². The van der Waals surface area contributed by atoms with Gasteiger partial charge in [0.05, 0.1) is 12.8 Å². The molecule has 0 unspecified atom stereocenters. The number of carboxylic acids is 2. The van der Waals surface area contributed by atoms with Gasteiger partial charge >= 0.3 is 11.9 Å². The number of fused-ring (bicyclic) bond motifs is 11. The van der Waals surface area contributed by atoms with Crippen molar-refractivity contribution in [3.05, 3.63) is 22.8 Å². The summed E-state index contributed by atoms with van der Waals surface area (Å²) in [7, 11) is 0. The molecule has 0 radical (unpaired) electrons. The Balaban J connectivity index is 1.12. The van der Waals surface area contributed by atoms with Crippen molar-refractivity contribution in [2.24, 2.45) is 80.3 Å². The van der Waals surface area contributed by atoms with Gasteiger partial charge in [-0.3, -0.25) is 28.8 Å². The summed E-state index contributed by atoms with van der Waals surface area (Å²) in [6.07, 6.45) is 14.6. The molecule has 14 atom stereocenters. The van der Waals surface area contributed by atoms with Crippen molar-refractivity contribution >= 4 is 35.1 Å². The largest absolute Gasteiger partial charge is 0.481 e. The summed E-state index contributed by atoms with van der Waals surface area (Å²) in [5.74, 6) is 1.03. The number of aliphatic carboxylic acids is 2. The molecular weight excluding hydrogens is 680 g/mol. The summed E-state index contributed by atoms with van der Waals surface area (Å²) in [6.45, 7) is 7.66. The molecule has 2 N–H and O–H groups in total. The van der Waals surface area contributed by atoms with E-state index in [1.807, 2.05) is 6.08 Å². The van der Waals surface area contributed by atoms with Crippen molar-refractivity contribution in [2.75, 3.05) is 0 Å². The maximum absolute atomic E-state index is 14.8. The minimum atomic E-state index is -0.902. The van der Waals surface area contributed by atoms with Crippen LogP contribution in [0, 0.1) is 80.3 Å². The molecule has 9 aliphatic carbocycles. The third-order valence-corrected chi connectivity index (χ3v) is 19.6. The Bertz CT molecular complexity index is 1820. The fraction of sp³-hybridized carbons (Fsp3) is 0.783. The third-order valence-electron chi connectivity index (χ3n) is 19.6. The van der Waals surface area contributed by atoms with Crippen molar-refractivity contribution in [2.45, 2.75) is 143 Å². The van der Waals surface area contributed by atoms with Crippen molar-refractivity contribution in [1.29, 1.82) is 0 Å². The van der Waals surface area contributed by atoms with Gasteiger partial charge < -0.3 is 10.2 Å². The van der Waals surface area contributed by atoms with E-state index in [0.29, 0.717) is 55.1 Å². The highest BCUT2D eigenvalue weighted by Gasteiger charge is 2.70. The molecule has 8 heteroatoms. The number of ketones is 4. The van der Waals surface area contributed by atoms with Crippen LogP contribution in [0.5, 0.6) is 0 Å². The summed E-state index contributed by atoms with van der Waals surface area (Å²) >= 11 is 0. The molecule has 292 valence electrons. The highest BCUT2D eigenvalue weighted by molar-refractivity contribution is 5.93. The monoisotopic (exact) mass is 740 g/mol. The standard InChI is InChI=1S/C46H60O8/c1-24(47)45(22-38(51)52)17-12-34-32-19-26-9-16-44(41-37(50)8-7-31(40(26)41)29(32)11-15-42(34,45)3)21-33-28(30-6-5-27(49)20-36(30)44)10-14-43(4)35(33)13-18-46(43,25(2)48)23-39(53)54/h20,28-35,41H,5-19,21-23H2,1-4H3,(H,51,52)(H,53,54)/t28-,29-,30-,31-,32-,33-,34+,35+,41+,42+,43+,44-,45+,46+/m1/s1. The summed E-state index contributed by atoms with van der Waals surface area (Å²) < 4.78 is 0. The topological polar surface area (TPSA) is 143 Å². The van der Waals surface area contributed by atoms with E-state index >= 15 is 0 Å². The van der Waals surface area contributed by atoms with Gasteiger partial charge in [-0.2, -0.15) is 0 Å². The number of allylic oxidation sites excluding steroid dienone is 3. The van der Waals surface area contributed by atoms with Crippen molar-refractivity contribution in [3.63, 3.8) is 0 Å². The third kappa shape index (κ3) is 4.54. The SMILES string of the molecule is CC(=O)[C@@]1(CC(=O)O)CC[C@H]2[C@@H]3C[C@]4(CCC5=C6[C@@H]4C(=O)CC[C@@H]6[C@H]4CC[C@@]6(C)[C@@H](CC[C@]6(CC(=O)O)C(C)=O)[C@@H]4C5)C4=CC(=O)CC[C@@H]4[C@H]3CC[C@@]21C. The molecule has 0 bridgehead atoms. The van der Waals surface area contributed by atoms with E-state index in [9.17, 15) is 39.0 Å². The number of hydrogen-bond donors (Lipinski definition) is 2. The minimum Gasteiger partial charge on any atom is -0.481 e. The van der Waals surface area contributed by atoms with Crippen LogP contribution >= 0.6 is 0 Å². The first-order valence-electron chi connectivity index (χ1n) is 21.5. The van der Waals surface area contributed by atoms with Crippen LogP contribution in [0.1, 0.15) is 143 Å². The lowest BCUT2D eigenvalue weighted by Gasteiger charge is -2.65. The van der Waals surface area contributed by atoms with E-state index in [2.05, 4.69) is 13.8 Å². The zero-order valence-corrected chi connectivity index (χ0v) is 32.8. The van der Waals surface area contributed by atoms with Gasteiger partial charge in [-0.1, -0.05) is 30.6 Å². The Labute approximate surface area is 319 Å². The molecule has 9 aliphatic rings. The van der Waals surface area contributed by atoms with Gasteiger partial charge in [-0.25, -0.2) is 0 Å². The molecule has 0 aliphatic heterocycles. The smallest absolute Gasteiger partial charge is 0.304 e. The molecule has 0 amide bonds. The molecule has 54 heavy (non-hydrogen) atoms. The van der Waals surface area contributed by atoms with Crippen LogP contribution in [-0.2, 0) is 28.8 Å². The van der Waals surface area contributed by atoms with Crippen molar-refractivity contribution in [3.8, 4) is 0 Å².